The summed E-state index contributed by atoms with van der Waals surface area (Å²) in [6.07, 6.45) is -1.88. The van der Waals surface area contributed by atoms with Gasteiger partial charge in [0.1, 0.15) is 17.2 Å². The number of fused-ring (bicyclic) bond motifs is 1. The Bertz CT molecular complexity index is 1950. The summed E-state index contributed by atoms with van der Waals surface area (Å²) in [4.78, 5) is 38.1. The largest absolute Gasteiger partial charge is 0.435 e. The van der Waals surface area contributed by atoms with Crippen LogP contribution in [-0.2, 0) is 19.8 Å². The molecule has 0 unspecified atom stereocenters. The van der Waals surface area contributed by atoms with Gasteiger partial charge in [-0.15, -0.1) is 12.4 Å². The number of aromatic nitrogens is 3. The molecule has 5 aromatic rings. The monoisotopic (exact) mass is 716 g/mol. The second-order valence-corrected chi connectivity index (χ2v) is 11.3. The Morgan fingerprint density at radius 1 is 0.880 bits per heavy atom. The summed E-state index contributed by atoms with van der Waals surface area (Å²) in [6.45, 7) is 0.115. The number of hydrogen-bond acceptors (Lipinski definition) is 7. The molecule has 1 aliphatic rings. The number of hydrogen-bond donors (Lipinski definition) is 1. The van der Waals surface area contributed by atoms with Gasteiger partial charge in [0, 0.05) is 56.8 Å². The quantitative estimate of drug-likeness (QED) is 0.164. The number of halogens is 6. The first-order chi connectivity index (χ1) is 23.4. The first kappa shape index (κ1) is 36.0. The van der Waals surface area contributed by atoms with Crippen molar-refractivity contribution in [3.05, 3.63) is 108 Å². The van der Waals surface area contributed by atoms with E-state index in [0.29, 0.717) is 44.2 Å². The lowest BCUT2D eigenvalue weighted by Gasteiger charge is -2.34. The summed E-state index contributed by atoms with van der Waals surface area (Å²) < 4.78 is 75.2. The van der Waals surface area contributed by atoms with E-state index in [1.807, 2.05) is 12.1 Å². The van der Waals surface area contributed by atoms with Crippen molar-refractivity contribution in [3.63, 3.8) is 0 Å². The van der Waals surface area contributed by atoms with Crippen molar-refractivity contribution in [2.45, 2.75) is 19.3 Å². The van der Waals surface area contributed by atoms with Gasteiger partial charge in [-0.1, -0.05) is 12.1 Å². The molecule has 16 heteroatoms. The molecule has 0 bridgehead atoms. The van der Waals surface area contributed by atoms with E-state index in [2.05, 4.69) is 24.9 Å². The second kappa shape index (κ2) is 15.1. The number of benzene rings is 3. The normalized spacial score (nSPS) is 13.6. The molecular weight excluding hydrogens is 687 g/mol. The van der Waals surface area contributed by atoms with E-state index in [9.17, 15) is 31.5 Å². The van der Waals surface area contributed by atoms with Crippen LogP contribution in [0.2, 0.25) is 0 Å². The molecule has 2 aromatic heterocycles. The lowest BCUT2D eigenvalue weighted by molar-refractivity contribution is -0.137. The smallest absolute Gasteiger partial charge is 0.416 e. The molecule has 10 nitrogen and oxygen atoms in total. The first-order valence-corrected chi connectivity index (χ1v) is 15.1. The Balaban J connectivity index is 0.00000486. The summed E-state index contributed by atoms with van der Waals surface area (Å²) in [5.41, 5.74) is 1.62. The minimum atomic E-state index is -4.50. The molecule has 3 heterocycles. The van der Waals surface area contributed by atoms with Crippen molar-refractivity contribution in [1.82, 2.24) is 24.3 Å². The van der Waals surface area contributed by atoms with Gasteiger partial charge in [0.25, 0.3) is 11.8 Å². The van der Waals surface area contributed by atoms with E-state index in [1.165, 1.54) is 24.5 Å². The lowest BCUT2D eigenvalue weighted by Crippen LogP contribution is -2.48. The number of rotatable bonds is 9. The van der Waals surface area contributed by atoms with Crippen LogP contribution in [0.25, 0.3) is 10.9 Å². The Hall–Kier alpha value is -5.28. The summed E-state index contributed by atoms with van der Waals surface area (Å²) in [6, 6.07) is 17.4. The molecule has 6 rings (SSSR count). The molecule has 1 fully saturated rings. The maximum atomic E-state index is 13.5. The maximum Gasteiger partial charge on any atom is 0.416 e. The third-order valence-corrected chi connectivity index (χ3v) is 8.02. The maximum absolute atomic E-state index is 13.5. The summed E-state index contributed by atoms with van der Waals surface area (Å²) in [5.74, 6) is -0.209. The van der Waals surface area contributed by atoms with Crippen molar-refractivity contribution in [3.8, 4) is 17.5 Å². The zero-order valence-corrected chi connectivity index (χ0v) is 27.2. The van der Waals surface area contributed by atoms with Crippen molar-refractivity contribution < 1.29 is 41.0 Å². The Morgan fingerprint density at radius 3 is 2.14 bits per heavy atom. The SMILES string of the molecule is Cl.Cn1c(C(=O)N2CCN(Cc3ccc(OC(F)F)cc3)CC2)cc2ccc(Oc3ncc(NC(=O)c4ccc(C(F)(F)F)cc4)cn3)cc21. The average molecular weight is 717 g/mol. The molecule has 262 valence electrons. The number of nitrogens with zero attached hydrogens (tertiary/aromatic N) is 5. The van der Waals surface area contributed by atoms with Gasteiger partial charge in [0.05, 0.1) is 29.2 Å². The highest BCUT2D eigenvalue weighted by Gasteiger charge is 2.30. The summed E-state index contributed by atoms with van der Waals surface area (Å²) in [5, 5.41) is 3.36. The number of ether oxygens (including phenoxy) is 2. The zero-order valence-electron chi connectivity index (χ0n) is 26.4. The number of anilines is 1. The van der Waals surface area contributed by atoms with Gasteiger partial charge in [-0.25, -0.2) is 9.97 Å². The van der Waals surface area contributed by atoms with Crippen LogP contribution < -0.4 is 14.8 Å². The van der Waals surface area contributed by atoms with Crippen LogP contribution in [-0.4, -0.2) is 68.9 Å². The van der Waals surface area contributed by atoms with Crippen LogP contribution in [0.1, 0.15) is 32.0 Å². The molecule has 0 radical (unpaired) electrons. The van der Waals surface area contributed by atoms with Crippen LogP contribution in [0.15, 0.2) is 85.2 Å². The van der Waals surface area contributed by atoms with Crippen LogP contribution in [0.4, 0.5) is 27.6 Å². The van der Waals surface area contributed by atoms with Gasteiger partial charge >= 0.3 is 18.8 Å². The molecule has 0 aliphatic carbocycles. The molecular formula is C34H30ClF5N6O4. The summed E-state index contributed by atoms with van der Waals surface area (Å²) >= 11 is 0. The predicted molar refractivity (Wildman–Crippen MR) is 176 cm³/mol. The average Bonchev–Trinajstić information content (AvgIpc) is 3.41. The second-order valence-electron chi connectivity index (χ2n) is 11.3. The first-order valence-electron chi connectivity index (χ1n) is 15.1. The number of nitrogens with one attached hydrogen (secondary N) is 1. The molecule has 2 amide bonds. The number of carbonyl (C=O) groups is 2. The van der Waals surface area contributed by atoms with Gasteiger partial charge in [-0.05, 0) is 60.2 Å². The molecule has 50 heavy (non-hydrogen) atoms. The number of aryl methyl sites for hydroxylation is 1. The number of piperazine rings is 1. The van der Waals surface area contributed by atoms with Crippen LogP contribution in [0.5, 0.6) is 17.5 Å². The number of carbonyl (C=O) groups excluding carboxylic acids is 2. The fraction of sp³-hybridized carbons (Fsp3) is 0.235. The standard InChI is InChI=1S/C34H29F5N6O4.ClH/c1-43-28-17-27(49-33-40-18-25(19-41-33)42-30(46)22-4-7-24(8-5-22)34(37,38)39)11-6-23(28)16-29(43)31(47)45-14-12-44(13-15-45)20-21-2-9-26(10-3-21)48-32(35)36;/h2-11,16-19,32H,12-15,20H2,1H3,(H,42,46);1H. The molecule has 1 aliphatic heterocycles. The molecule has 0 saturated carbocycles. The van der Waals surface area contributed by atoms with E-state index in [1.54, 1.807) is 40.8 Å². The van der Waals surface area contributed by atoms with E-state index in [4.69, 9.17) is 4.74 Å². The molecule has 3 aromatic carbocycles. The highest BCUT2D eigenvalue weighted by atomic mass is 35.5. The molecule has 0 atom stereocenters. The van der Waals surface area contributed by atoms with Gasteiger partial charge in [-0.2, -0.15) is 22.0 Å². The van der Waals surface area contributed by atoms with Crippen molar-refractivity contribution >= 4 is 40.8 Å². The highest BCUT2D eigenvalue weighted by Crippen LogP contribution is 2.30. The van der Waals surface area contributed by atoms with Crippen molar-refractivity contribution in [2.75, 3.05) is 31.5 Å². The van der Waals surface area contributed by atoms with Gasteiger partial charge < -0.3 is 24.3 Å². The van der Waals surface area contributed by atoms with Crippen LogP contribution in [0.3, 0.4) is 0 Å². The molecule has 1 N–H and O–H groups in total. The fourth-order valence-corrected chi connectivity index (χ4v) is 5.44. The fourth-order valence-electron chi connectivity index (χ4n) is 5.44. The van der Waals surface area contributed by atoms with E-state index >= 15 is 0 Å². The van der Waals surface area contributed by atoms with Crippen LogP contribution in [0, 0.1) is 0 Å². The minimum Gasteiger partial charge on any atom is -0.435 e. The van der Waals surface area contributed by atoms with Crippen molar-refractivity contribution in [1.29, 1.82) is 0 Å². The van der Waals surface area contributed by atoms with Gasteiger partial charge in [-0.3, -0.25) is 14.5 Å². The third kappa shape index (κ3) is 8.47. The molecule has 0 spiro atoms. The van der Waals surface area contributed by atoms with E-state index in [-0.39, 0.29) is 41.3 Å². The highest BCUT2D eigenvalue weighted by molar-refractivity contribution is 6.04. The zero-order chi connectivity index (χ0) is 34.7. The number of amides is 2. The van der Waals surface area contributed by atoms with E-state index in [0.717, 1.165) is 40.7 Å². The third-order valence-electron chi connectivity index (χ3n) is 8.02. The topological polar surface area (TPSA) is 102 Å². The van der Waals surface area contributed by atoms with Gasteiger partial charge in [0.2, 0.25) is 0 Å². The van der Waals surface area contributed by atoms with Gasteiger partial charge in [0.15, 0.2) is 0 Å². The van der Waals surface area contributed by atoms with Crippen LogP contribution >= 0.6 is 12.4 Å². The Kier molecular flexibility index (Phi) is 10.9. The number of alkyl halides is 5. The summed E-state index contributed by atoms with van der Waals surface area (Å²) in [7, 11) is 1.79. The Labute approximate surface area is 288 Å². The van der Waals surface area contributed by atoms with Crippen molar-refractivity contribution in [2.24, 2.45) is 7.05 Å². The minimum absolute atomic E-state index is 0. The Morgan fingerprint density at radius 2 is 1.52 bits per heavy atom. The predicted octanol–water partition coefficient (Wildman–Crippen LogP) is 7.01. The molecule has 1 saturated heterocycles. The van der Waals surface area contributed by atoms with E-state index < -0.39 is 24.3 Å². The lowest BCUT2D eigenvalue weighted by atomic mass is 10.1.